The molecule has 3 N–H and O–H groups in total. The van der Waals surface area contributed by atoms with Crippen LogP contribution in [0.5, 0.6) is 0 Å². The van der Waals surface area contributed by atoms with Crippen LogP contribution in [-0.4, -0.2) is 36.0 Å². The first kappa shape index (κ1) is 13.9. The summed E-state index contributed by atoms with van der Waals surface area (Å²) in [7, 11) is 0. The summed E-state index contributed by atoms with van der Waals surface area (Å²) in [5, 5.41) is 21.7. The molecule has 0 aliphatic carbocycles. The maximum absolute atomic E-state index is 9.33. The van der Waals surface area contributed by atoms with Crippen molar-refractivity contribution in [3.8, 4) is 0 Å². The minimum Gasteiger partial charge on any atom is -0.396 e. The summed E-state index contributed by atoms with van der Waals surface area (Å²) >= 11 is 0. The van der Waals surface area contributed by atoms with Gasteiger partial charge in [0.15, 0.2) is 0 Å². The molecule has 0 aliphatic rings. The van der Waals surface area contributed by atoms with E-state index in [1.807, 2.05) is 6.92 Å². The molecule has 0 aliphatic heterocycles. The second-order valence-corrected chi connectivity index (χ2v) is 4.03. The van der Waals surface area contributed by atoms with E-state index in [-0.39, 0.29) is 24.7 Å². The van der Waals surface area contributed by atoms with Gasteiger partial charge in [0.1, 0.15) is 0 Å². The highest BCUT2D eigenvalue weighted by Crippen LogP contribution is 2.24. The van der Waals surface area contributed by atoms with Crippen molar-refractivity contribution in [2.45, 2.75) is 46.1 Å². The molecule has 1 atom stereocenters. The highest BCUT2D eigenvalue weighted by molar-refractivity contribution is 4.80. The molecule has 14 heavy (non-hydrogen) atoms. The molecule has 0 unspecified atom stereocenters. The van der Waals surface area contributed by atoms with E-state index in [1.165, 1.54) is 0 Å². The summed E-state index contributed by atoms with van der Waals surface area (Å²) in [6.07, 6.45) is 2.86. The average molecular weight is 203 g/mol. The van der Waals surface area contributed by atoms with E-state index in [2.05, 4.69) is 19.2 Å². The zero-order valence-electron chi connectivity index (χ0n) is 9.71. The van der Waals surface area contributed by atoms with Crippen molar-refractivity contribution in [1.82, 2.24) is 5.32 Å². The summed E-state index contributed by atoms with van der Waals surface area (Å²) < 4.78 is 0. The Morgan fingerprint density at radius 3 is 2.00 bits per heavy atom. The minimum atomic E-state index is -0.0113. The Hall–Kier alpha value is -0.120. The predicted molar refractivity (Wildman–Crippen MR) is 59.3 cm³/mol. The van der Waals surface area contributed by atoms with Gasteiger partial charge in [-0.05, 0) is 19.3 Å². The first-order valence-electron chi connectivity index (χ1n) is 5.63. The molecule has 0 saturated heterocycles. The number of aliphatic hydroxyl groups is 2. The van der Waals surface area contributed by atoms with Gasteiger partial charge in [0.2, 0.25) is 0 Å². The molecular formula is C11H25NO2. The van der Waals surface area contributed by atoms with Crippen LogP contribution >= 0.6 is 0 Å². The number of rotatable bonds is 8. The van der Waals surface area contributed by atoms with Crippen molar-refractivity contribution in [3.63, 3.8) is 0 Å². The van der Waals surface area contributed by atoms with Crippen LogP contribution in [0.15, 0.2) is 0 Å². The van der Waals surface area contributed by atoms with E-state index in [9.17, 15) is 5.11 Å². The Morgan fingerprint density at radius 1 is 1.14 bits per heavy atom. The van der Waals surface area contributed by atoms with Gasteiger partial charge in [-0.25, -0.2) is 0 Å². The lowest BCUT2D eigenvalue weighted by atomic mass is 9.83. The van der Waals surface area contributed by atoms with Crippen LogP contribution in [0.25, 0.3) is 0 Å². The number of nitrogens with one attached hydrogen (secondary N) is 1. The van der Waals surface area contributed by atoms with Crippen molar-refractivity contribution in [2.75, 3.05) is 19.8 Å². The van der Waals surface area contributed by atoms with E-state index < -0.39 is 0 Å². The smallest absolute Gasteiger partial charge is 0.0584 e. The van der Waals surface area contributed by atoms with Crippen molar-refractivity contribution in [2.24, 2.45) is 5.41 Å². The van der Waals surface area contributed by atoms with E-state index in [1.54, 1.807) is 0 Å². The van der Waals surface area contributed by atoms with Crippen molar-refractivity contribution in [1.29, 1.82) is 0 Å². The molecule has 0 aromatic carbocycles. The molecule has 0 saturated carbocycles. The van der Waals surface area contributed by atoms with E-state index >= 15 is 0 Å². The molecule has 0 bridgehead atoms. The molecule has 0 aromatic heterocycles. The average Bonchev–Trinajstić information content (AvgIpc) is 2.26. The van der Waals surface area contributed by atoms with Crippen LogP contribution < -0.4 is 5.32 Å². The SMILES string of the molecule is CC[C@H](CO)NCC(CC)(CC)CO. The van der Waals surface area contributed by atoms with Crippen LogP contribution in [0.4, 0.5) is 0 Å². The fourth-order valence-corrected chi connectivity index (χ4v) is 1.48. The number of hydrogen-bond donors (Lipinski definition) is 3. The Balaban J connectivity index is 4.04. The van der Waals surface area contributed by atoms with Crippen LogP contribution in [0, 0.1) is 5.41 Å². The van der Waals surface area contributed by atoms with E-state index in [0.29, 0.717) is 0 Å². The van der Waals surface area contributed by atoms with Gasteiger partial charge in [0, 0.05) is 24.6 Å². The Bertz CT molecular complexity index is 123. The van der Waals surface area contributed by atoms with Crippen molar-refractivity contribution < 1.29 is 10.2 Å². The van der Waals surface area contributed by atoms with E-state index in [0.717, 1.165) is 25.8 Å². The summed E-state index contributed by atoms with van der Waals surface area (Å²) in [5.41, 5.74) is -0.0113. The van der Waals surface area contributed by atoms with Gasteiger partial charge in [0.25, 0.3) is 0 Å². The number of aliphatic hydroxyl groups excluding tert-OH is 2. The van der Waals surface area contributed by atoms with Gasteiger partial charge < -0.3 is 15.5 Å². The normalized spacial score (nSPS) is 14.4. The van der Waals surface area contributed by atoms with Crippen LogP contribution in [0.3, 0.4) is 0 Å². The van der Waals surface area contributed by atoms with Crippen molar-refractivity contribution >= 4 is 0 Å². The van der Waals surface area contributed by atoms with Gasteiger partial charge in [-0.3, -0.25) is 0 Å². The van der Waals surface area contributed by atoms with E-state index in [4.69, 9.17) is 5.11 Å². The van der Waals surface area contributed by atoms with Crippen LogP contribution in [-0.2, 0) is 0 Å². The summed E-state index contributed by atoms with van der Waals surface area (Å²) in [6.45, 7) is 7.42. The zero-order valence-corrected chi connectivity index (χ0v) is 9.71. The highest BCUT2D eigenvalue weighted by atomic mass is 16.3. The zero-order chi connectivity index (χ0) is 11.0. The lowest BCUT2D eigenvalue weighted by molar-refractivity contribution is 0.104. The molecule has 0 fully saturated rings. The predicted octanol–water partition coefficient (Wildman–Crippen LogP) is 1.15. The third-order valence-electron chi connectivity index (χ3n) is 3.31. The topological polar surface area (TPSA) is 52.5 Å². The van der Waals surface area contributed by atoms with Gasteiger partial charge in [0.05, 0.1) is 6.61 Å². The molecule has 3 heteroatoms. The van der Waals surface area contributed by atoms with Gasteiger partial charge in [-0.2, -0.15) is 0 Å². The second-order valence-electron chi connectivity index (χ2n) is 4.03. The molecule has 3 nitrogen and oxygen atoms in total. The Labute approximate surface area is 87.5 Å². The maximum Gasteiger partial charge on any atom is 0.0584 e. The van der Waals surface area contributed by atoms with Crippen LogP contribution in [0.1, 0.15) is 40.0 Å². The third kappa shape index (κ3) is 3.95. The van der Waals surface area contributed by atoms with Crippen molar-refractivity contribution in [3.05, 3.63) is 0 Å². The summed E-state index contributed by atoms with van der Waals surface area (Å²) in [4.78, 5) is 0. The molecule has 0 spiro atoms. The first-order valence-corrected chi connectivity index (χ1v) is 5.63. The molecule has 0 radical (unpaired) electrons. The van der Waals surface area contributed by atoms with Gasteiger partial charge in [-0.1, -0.05) is 20.8 Å². The van der Waals surface area contributed by atoms with Gasteiger partial charge in [-0.15, -0.1) is 0 Å². The largest absolute Gasteiger partial charge is 0.396 e. The molecular weight excluding hydrogens is 178 g/mol. The number of hydrogen-bond acceptors (Lipinski definition) is 3. The monoisotopic (exact) mass is 203 g/mol. The third-order valence-corrected chi connectivity index (χ3v) is 3.31. The molecule has 86 valence electrons. The standard InChI is InChI=1S/C11H25NO2/c1-4-10(7-13)12-8-11(5-2,6-3)9-14/h10,12-14H,4-9H2,1-3H3/t10-/m1/s1. The Morgan fingerprint density at radius 2 is 1.71 bits per heavy atom. The lowest BCUT2D eigenvalue weighted by Gasteiger charge is -2.31. The fraction of sp³-hybridized carbons (Fsp3) is 1.00. The van der Waals surface area contributed by atoms with Crippen LogP contribution in [0.2, 0.25) is 0 Å². The molecule has 0 aromatic rings. The quantitative estimate of drug-likeness (QED) is 0.554. The first-order chi connectivity index (χ1) is 6.67. The maximum atomic E-state index is 9.33. The van der Waals surface area contributed by atoms with Gasteiger partial charge >= 0.3 is 0 Å². The molecule has 0 amide bonds. The lowest BCUT2D eigenvalue weighted by Crippen LogP contribution is -2.42. The minimum absolute atomic E-state index is 0.0113. The molecule has 0 rings (SSSR count). The second kappa shape index (κ2) is 7.21. The summed E-state index contributed by atoms with van der Waals surface area (Å²) in [5.74, 6) is 0. The fourth-order valence-electron chi connectivity index (χ4n) is 1.48. The highest BCUT2D eigenvalue weighted by Gasteiger charge is 2.25. The summed E-state index contributed by atoms with van der Waals surface area (Å²) in [6, 6.07) is 0.166. The Kier molecular flexibility index (Phi) is 7.15. The molecule has 0 heterocycles.